The van der Waals surface area contributed by atoms with E-state index in [-0.39, 0.29) is 12.8 Å². The molecule has 88 valence electrons. The molecule has 0 aromatic heterocycles. The van der Waals surface area contributed by atoms with Crippen molar-refractivity contribution >= 4 is 0 Å². The Morgan fingerprint density at radius 3 is 2.81 bits per heavy atom. The molecule has 1 aromatic rings. The van der Waals surface area contributed by atoms with Gasteiger partial charge in [0, 0.05) is 6.54 Å². The summed E-state index contributed by atoms with van der Waals surface area (Å²) in [5.74, 6) is 1.56. The molecule has 0 radical (unpaired) electrons. The zero-order valence-electron chi connectivity index (χ0n) is 9.43. The minimum atomic E-state index is -0.105. The summed E-state index contributed by atoms with van der Waals surface area (Å²) in [7, 11) is 0. The molecule has 4 nitrogen and oxygen atoms in total. The number of likely N-dealkylation sites (N-methyl/N-ethyl adjacent to an activating group) is 1. The van der Waals surface area contributed by atoms with Gasteiger partial charge in [-0.1, -0.05) is 19.1 Å². The highest BCUT2D eigenvalue weighted by molar-refractivity contribution is 5.40. The number of para-hydroxylation sites is 2. The first kappa shape index (κ1) is 11.2. The number of hydrogen-bond acceptors (Lipinski definition) is 4. The van der Waals surface area contributed by atoms with Crippen molar-refractivity contribution in [3.05, 3.63) is 24.3 Å². The first-order valence-corrected chi connectivity index (χ1v) is 5.58. The average molecular weight is 223 g/mol. The molecular weight excluding hydrogens is 206 g/mol. The van der Waals surface area contributed by atoms with Crippen LogP contribution in [-0.2, 0) is 0 Å². The number of fused-ring (bicyclic) bond motifs is 1. The maximum absolute atomic E-state index is 8.96. The molecule has 4 heteroatoms. The van der Waals surface area contributed by atoms with E-state index in [1.54, 1.807) is 0 Å². The highest BCUT2D eigenvalue weighted by atomic mass is 16.6. The molecule has 1 aromatic carbocycles. The monoisotopic (exact) mass is 223 g/mol. The largest absolute Gasteiger partial charge is 0.484 e. The normalized spacial score (nSPS) is 18.8. The van der Waals surface area contributed by atoms with Gasteiger partial charge in [-0.15, -0.1) is 0 Å². The summed E-state index contributed by atoms with van der Waals surface area (Å²) in [6.07, 6.45) is -0.105. The number of hydrogen-bond donors (Lipinski definition) is 1. The summed E-state index contributed by atoms with van der Waals surface area (Å²) >= 11 is 0. The molecule has 0 saturated carbocycles. The van der Waals surface area contributed by atoms with E-state index < -0.39 is 0 Å². The van der Waals surface area contributed by atoms with Crippen molar-refractivity contribution < 1.29 is 14.6 Å². The molecule has 0 spiro atoms. The minimum Gasteiger partial charge on any atom is -0.484 e. The van der Waals surface area contributed by atoms with E-state index in [9.17, 15) is 0 Å². The van der Waals surface area contributed by atoms with Gasteiger partial charge in [0.1, 0.15) is 6.61 Å². The molecule has 16 heavy (non-hydrogen) atoms. The molecule has 2 rings (SSSR count). The Bertz CT molecular complexity index is 343. The van der Waals surface area contributed by atoms with Gasteiger partial charge in [0.25, 0.3) is 0 Å². The van der Waals surface area contributed by atoms with E-state index in [0.29, 0.717) is 13.2 Å². The number of ether oxygens (including phenoxy) is 2. The lowest BCUT2D eigenvalue weighted by molar-refractivity contribution is -0.0324. The van der Waals surface area contributed by atoms with E-state index in [0.717, 1.165) is 18.0 Å². The zero-order valence-corrected chi connectivity index (χ0v) is 9.43. The first-order valence-electron chi connectivity index (χ1n) is 5.58. The fraction of sp³-hybridized carbons (Fsp3) is 0.500. The number of aliphatic hydroxyl groups excluding tert-OH is 1. The van der Waals surface area contributed by atoms with Gasteiger partial charge >= 0.3 is 0 Å². The Balaban J connectivity index is 2.06. The second kappa shape index (κ2) is 5.18. The van der Waals surface area contributed by atoms with E-state index >= 15 is 0 Å². The quantitative estimate of drug-likeness (QED) is 0.830. The predicted molar refractivity (Wildman–Crippen MR) is 60.7 cm³/mol. The number of aliphatic hydroxyl groups is 1. The fourth-order valence-corrected chi connectivity index (χ4v) is 1.82. The molecule has 0 aliphatic carbocycles. The number of nitrogens with zero attached hydrogens (tertiary/aromatic N) is 1. The van der Waals surface area contributed by atoms with Crippen molar-refractivity contribution in [3.8, 4) is 11.5 Å². The molecule has 0 unspecified atom stereocenters. The van der Waals surface area contributed by atoms with Crippen LogP contribution >= 0.6 is 0 Å². The summed E-state index contributed by atoms with van der Waals surface area (Å²) in [6.45, 7) is 4.11. The summed E-state index contributed by atoms with van der Waals surface area (Å²) in [5.41, 5.74) is 0. The summed E-state index contributed by atoms with van der Waals surface area (Å²) < 4.78 is 11.4. The molecule has 0 saturated heterocycles. The maximum Gasteiger partial charge on any atom is 0.187 e. The van der Waals surface area contributed by atoms with Crippen LogP contribution in [0.25, 0.3) is 0 Å². The molecule has 1 atom stereocenters. The van der Waals surface area contributed by atoms with Gasteiger partial charge in [-0.05, 0) is 18.7 Å². The van der Waals surface area contributed by atoms with Crippen LogP contribution in [0, 0.1) is 0 Å². The van der Waals surface area contributed by atoms with Gasteiger partial charge in [-0.25, -0.2) is 0 Å². The van der Waals surface area contributed by atoms with Crippen LogP contribution in [-0.4, -0.2) is 42.5 Å². The molecule has 1 aliphatic rings. The average Bonchev–Trinajstić information content (AvgIpc) is 2.35. The maximum atomic E-state index is 8.96. The number of benzene rings is 1. The van der Waals surface area contributed by atoms with Crippen LogP contribution in [0.2, 0.25) is 0 Å². The van der Waals surface area contributed by atoms with Gasteiger partial charge in [0.05, 0.1) is 6.61 Å². The van der Waals surface area contributed by atoms with Crippen LogP contribution in [0.4, 0.5) is 0 Å². The minimum absolute atomic E-state index is 0.105. The highest BCUT2D eigenvalue weighted by Crippen LogP contribution is 2.31. The Morgan fingerprint density at radius 1 is 1.38 bits per heavy atom. The standard InChI is InChI=1S/C12H17NO3/c1-2-13(7-8-14)12-9-15-10-5-3-4-6-11(10)16-12/h3-6,12,14H,2,7-9H2,1H3/t12-/m0/s1. The summed E-state index contributed by atoms with van der Waals surface area (Å²) in [5, 5.41) is 8.96. The molecule has 0 fully saturated rings. The highest BCUT2D eigenvalue weighted by Gasteiger charge is 2.25. The van der Waals surface area contributed by atoms with Gasteiger partial charge in [0.15, 0.2) is 17.7 Å². The molecular formula is C12H17NO3. The van der Waals surface area contributed by atoms with Crippen molar-refractivity contribution in [2.45, 2.75) is 13.2 Å². The van der Waals surface area contributed by atoms with Crippen molar-refractivity contribution in [3.63, 3.8) is 0 Å². The van der Waals surface area contributed by atoms with Crippen molar-refractivity contribution in [2.75, 3.05) is 26.3 Å². The van der Waals surface area contributed by atoms with Crippen LogP contribution in [0.3, 0.4) is 0 Å². The molecule has 1 N–H and O–H groups in total. The molecule has 0 bridgehead atoms. The van der Waals surface area contributed by atoms with Gasteiger partial charge in [0.2, 0.25) is 0 Å². The van der Waals surface area contributed by atoms with Crippen molar-refractivity contribution in [1.29, 1.82) is 0 Å². The van der Waals surface area contributed by atoms with Crippen molar-refractivity contribution in [1.82, 2.24) is 4.90 Å². The lowest BCUT2D eigenvalue weighted by Gasteiger charge is -2.34. The smallest absolute Gasteiger partial charge is 0.187 e. The zero-order chi connectivity index (χ0) is 11.4. The third-order valence-corrected chi connectivity index (χ3v) is 2.69. The third-order valence-electron chi connectivity index (χ3n) is 2.69. The van der Waals surface area contributed by atoms with Crippen LogP contribution in [0.1, 0.15) is 6.92 Å². The van der Waals surface area contributed by atoms with Gasteiger partial charge in [-0.2, -0.15) is 0 Å². The Morgan fingerprint density at radius 2 is 2.12 bits per heavy atom. The Hall–Kier alpha value is -1.26. The van der Waals surface area contributed by atoms with Crippen LogP contribution < -0.4 is 9.47 Å². The van der Waals surface area contributed by atoms with E-state index in [4.69, 9.17) is 14.6 Å². The lowest BCUT2D eigenvalue weighted by atomic mass is 10.3. The van der Waals surface area contributed by atoms with Gasteiger partial charge < -0.3 is 14.6 Å². The summed E-state index contributed by atoms with van der Waals surface area (Å²) in [6, 6.07) is 7.64. The predicted octanol–water partition coefficient (Wildman–Crippen LogP) is 1.10. The number of rotatable bonds is 4. The Labute approximate surface area is 95.4 Å². The Kier molecular flexibility index (Phi) is 3.64. The lowest BCUT2D eigenvalue weighted by Crippen LogP contribution is -2.46. The second-order valence-corrected chi connectivity index (χ2v) is 3.68. The van der Waals surface area contributed by atoms with E-state index in [2.05, 4.69) is 4.90 Å². The second-order valence-electron chi connectivity index (χ2n) is 3.68. The fourth-order valence-electron chi connectivity index (χ4n) is 1.82. The third kappa shape index (κ3) is 2.28. The molecule has 0 amide bonds. The first-order chi connectivity index (χ1) is 7.85. The summed E-state index contributed by atoms with van der Waals surface area (Å²) in [4.78, 5) is 2.05. The molecule has 1 aliphatic heterocycles. The van der Waals surface area contributed by atoms with Crippen LogP contribution in [0.5, 0.6) is 11.5 Å². The van der Waals surface area contributed by atoms with Crippen LogP contribution in [0.15, 0.2) is 24.3 Å². The van der Waals surface area contributed by atoms with Gasteiger partial charge in [-0.3, -0.25) is 4.90 Å². The SMILES string of the molecule is CCN(CCO)[C@@H]1COc2ccccc2O1. The molecule has 1 heterocycles. The van der Waals surface area contributed by atoms with E-state index in [1.165, 1.54) is 0 Å². The van der Waals surface area contributed by atoms with Crippen molar-refractivity contribution in [2.24, 2.45) is 0 Å². The topological polar surface area (TPSA) is 41.9 Å². The van der Waals surface area contributed by atoms with E-state index in [1.807, 2.05) is 31.2 Å².